The van der Waals surface area contributed by atoms with Gasteiger partial charge in [0.2, 0.25) is 0 Å². The summed E-state index contributed by atoms with van der Waals surface area (Å²) < 4.78 is 5.83. The summed E-state index contributed by atoms with van der Waals surface area (Å²) in [5, 5.41) is 5.28. The Morgan fingerprint density at radius 1 is 1.23 bits per heavy atom. The van der Waals surface area contributed by atoms with Crippen LogP contribution >= 0.6 is 22.7 Å². The highest BCUT2D eigenvalue weighted by Crippen LogP contribution is 2.40. The van der Waals surface area contributed by atoms with E-state index in [2.05, 4.69) is 59.8 Å². The molecule has 4 nitrogen and oxygen atoms in total. The smallest absolute Gasteiger partial charge is 0.186 e. The Balaban J connectivity index is 1.40. The van der Waals surface area contributed by atoms with Crippen LogP contribution in [0.15, 0.2) is 41.1 Å². The van der Waals surface area contributed by atoms with Crippen molar-refractivity contribution in [2.75, 3.05) is 24.7 Å². The first-order valence-electron chi connectivity index (χ1n) is 10.5. The van der Waals surface area contributed by atoms with Gasteiger partial charge in [0.1, 0.15) is 0 Å². The van der Waals surface area contributed by atoms with Gasteiger partial charge in [-0.25, -0.2) is 4.98 Å². The number of aromatic nitrogens is 1. The van der Waals surface area contributed by atoms with E-state index < -0.39 is 0 Å². The molecule has 0 bridgehead atoms. The largest absolute Gasteiger partial charge is 0.377 e. The maximum atomic E-state index is 12.6. The summed E-state index contributed by atoms with van der Waals surface area (Å²) >= 11 is 3.30. The Morgan fingerprint density at radius 2 is 2.13 bits per heavy atom. The lowest BCUT2D eigenvalue weighted by molar-refractivity contribution is 0.0915. The number of rotatable bonds is 4. The minimum atomic E-state index is 0.00192. The molecule has 30 heavy (non-hydrogen) atoms. The minimum Gasteiger partial charge on any atom is -0.377 e. The number of carbonyl (C=O) groups is 1. The van der Waals surface area contributed by atoms with E-state index in [1.54, 1.807) is 22.7 Å². The molecule has 0 amide bonds. The van der Waals surface area contributed by atoms with Gasteiger partial charge in [0.15, 0.2) is 10.9 Å². The molecule has 6 heteroatoms. The van der Waals surface area contributed by atoms with Crippen LogP contribution in [0.1, 0.15) is 41.2 Å². The van der Waals surface area contributed by atoms with E-state index in [9.17, 15) is 4.79 Å². The average molecular weight is 439 g/mol. The van der Waals surface area contributed by atoms with Crippen LogP contribution in [-0.4, -0.2) is 36.6 Å². The van der Waals surface area contributed by atoms with Gasteiger partial charge in [-0.3, -0.25) is 4.79 Å². The molecule has 0 saturated carbocycles. The second kappa shape index (κ2) is 7.91. The van der Waals surface area contributed by atoms with E-state index >= 15 is 0 Å². The van der Waals surface area contributed by atoms with E-state index in [0.29, 0.717) is 19.6 Å². The molecular formula is C24H26N2O2S2. The summed E-state index contributed by atoms with van der Waals surface area (Å²) in [5.74, 6) is 0.248. The molecule has 1 atom stereocenters. The predicted octanol–water partition coefficient (Wildman–Crippen LogP) is 5.47. The van der Waals surface area contributed by atoms with Crippen molar-refractivity contribution < 1.29 is 9.53 Å². The van der Waals surface area contributed by atoms with Crippen molar-refractivity contribution in [1.82, 2.24) is 4.98 Å². The molecule has 0 N–H and O–H groups in total. The summed E-state index contributed by atoms with van der Waals surface area (Å²) in [6.45, 7) is 6.52. The number of carbonyl (C=O) groups excluding carboxylic acids is 1. The lowest BCUT2D eigenvalue weighted by atomic mass is 9.78. The standard InChI is InChI=1S/C24H26N2O2S2/c1-24(2)12-20-22(21(27)13-24)30-23(25-20)26-7-8-28-14-19(26)11-16-4-3-5-17(10-16)18-6-9-29-15-18/h3-6,9-10,15,19H,7-8,11-14H2,1-2H3. The molecule has 2 aromatic heterocycles. The number of fused-ring (bicyclic) bond motifs is 1. The van der Waals surface area contributed by atoms with Crippen LogP contribution in [0, 0.1) is 5.41 Å². The van der Waals surface area contributed by atoms with Crippen molar-refractivity contribution in [3.8, 4) is 11.1 Å². The molecule has 5 rings (SSSR count). The number of nitrogens with zero attached hydrogens (tertiary/aromatic N) is 2. The zero-order valence-electron chi connectivity index (χ0n) is 17.4. The Labute approximate surface area is 185 Å². The first kappa shape index (κ1) is 19.9. The molecule has 2 aliphatic rings. The van der Waals surface area contributed by atoms with Gasteiger partial charge in [0, 0.05) is 13.0 Å². The van der Waals surface area contributed by atoms with Gasteiger partial charge in [0.25, 0.3) is 0 Å². The topological polar surface area (TPSA) is 42.4 Å². The van der Waals surface area contributed by atoms with Gasteiger partial charge in [0.05, 0.1) is 29.8 Å². The fraction of sp³-hybridized carbons (Fsp3) is 0.417. The van der Waals surface area contributed by atoms with Gasteiger partial charge >= 0.3 is 0 Å². The van der Waals surface area contributed by atoms with Crippen molar-refractivity contribution >= 4 is 33.6 Å². The lowest BCUT2D eigenvalue weighted by Crippen LogP contribution is -2.46. The van der Waals surface area contributed by atoms with Crippen LogP contribution in [0.5, 0.6) is 0 Å². The predicted molar refractivity (Wildman–Crippen MR) is 124 cm³/mol. The van der Waals surface area contributed by atoms with Crippen molar-refractivity contribution in [2.45, 2.75) is 39.2 Å². The van der Waals surface area contributed by atoms with Gasteiger partial charge in [-0.15, -0.1) is 0 Å². The zero-order chi connectivity index (χ0) is 20.7. The number of ether oxygens (including phenoxy) is 1. The highest BCUT2D eigenvalue weighted by Gasteiger charge is 2.36. The molecule has 1 aliphatic carbocycles. The van der Waals surface area contributed by atoms with Gasteiger partial charge in [-0.1, -0.05) is 49.4 Å². The number of thiophene rings is 1. The average Bonchev–Trinajstić information content (AvgIpc) is 3.38. The molecule has 1 saturated heterocycles. The van der Waals surface area contributed by atoms with E-state index in [-0.39, 0.29) is 17.2 Å². The minimum absolute atomic E-state index is 0.00192. The van der Waals surface area contributed by atoms with Crippen molar-refractivity contribution in [2.24, 2.45) is 5.41 Å². The first-order chi connectivity index (χ1) is 14.5. The van der Waals surface area contributed by atoms with Crippen LogP contribution < -0.4 is 4.90 Å². The highest BCUT2D eigenvalue weighted by atomic mass is 32.1. The number of anilines is 1. The maximum absolute atomic E-state index is 12.6. The summed E-state index contributed by atoms with van der Waals surface area (Å²) in [7, 11) is 0. The van der Waals surface area contributed by atoms with Gasteiger partial charge in [-0.2, -0.15) is 11.3 Å². The Kier molecular flexibility index (Phi) is 5.25. The normalized spacial score (nSPS) is 20.9. The lowest BCUT2D eigenvalue weighted by Gasteiger charge is -2.35. The third-order valence-corrected chi connectivity index (χ3v) is 7.81. The molecule has 1 fully saturated rings. The number of benzene rings is 1. The summed E-state index contributed by atoms with van der Waals surface area (Å²) in [6, 6.07) is 11.2. The summed E-state index contributed by atoms with van der Waals surface area (Å²) in [4.78, 5) is 20.8. The molecule has 156 valence electrons. The van der Waals surface area contributed by atoms with E-state index in [4.69, 9.17) is 9.72 Å². The SMILES string of the molecule is CC1(C)CC(=O)c2sc(N3CCOCC3Cc3cccc(-c4ccsc4)c3)nc2C1. The molecule has 0 radical (unpaired) electrons. The molecular weight excluding hydrogens is 412 g/mol. The Bertz CT molecular complexity index is 1060. The second-order valence-electron chi connectivity index (χ2n) is 9.05. The number of morpholine rings is 1. The quantitative estimate of drug-likeness (QED) is 0.541. The van der Waals surface area contributed by atoms with Gasteiger partial charge < -0.3 is 9.64 Å². The molecule has 0 spiro atoms. The summed E-state index contributed by atoms with van der Waals surface area (Å²) in [5.41, 5.74) is 4.82. The molecule has 1 aliphatic heterocycles. The van der Waals surface area contributed by atoms with Crippen molar-refractivity contribution in [1.29, 1.82) is 0 Å². The maximum Gasteiger partial charge on any atom is 0.186 e. The Morgan fingerprint density at radius 3 is 2.97 bits per heavy atom. The van der Waals surface area contributed by atoms with E-state index in [1.807, 2.05) is 0 Å². The van der Waals surface area contributed by atoms with E-state index in [1.165, 1.54) is 16.7 Å². The summed E-state index contributed by atoms with van der Waals surface area (Å²) in [6.07, 6.45) is 2.40. The Hall–Kier alpha value is -2.02. The van der Waals surface area contributed by atoms with E-state index in [0.717, 1.165) is 35.1 Å². The molecule has 3 aromatic rings. The number of Topliss-reactive ketones (excluding diaryl/α,β-unsaturated/α-hetero) is 1. The fourth-order valence-electron chi connectivity index (χ4n) is 4.48. The number of thiazole rings is 1. The monoisotopic (exact) mass is 438 g/mol. The molecule has 1 unspecified atom stereocenters. The van der Waals surface area contributed by atoms with Crippen molar-refractivity contribution in [3.63, 3.8) is 0 Å². The molecule has 3 heterocycles. The van der Waals surface area contributed by atoms with Crippen LogP contribution in [0.3, 0.4) is 0 Å². The second-order valence-corrected chi connectivity index (χ2v) is 10.8. The zero-order valence-corrected chi connectivity index (χ0v) is 19.0. The highest BCUT2D eigenvalue weighted by molar-refractivity contribution is 7.17. The number of ketones is 1. The van der Waals surface area contributed by atoms with Crippen molar-refractivity contribution in [3.05, 3.63) is 57.2 Å². The third-order valence-electron chi connectivity index (χ3n) is 5.95. The van der Waals surface area contributed by atoms with Crippen LogP contribution in [0.25, 0.3) is 11.1 Å². The number of hydrogen-bond acceptors (Lipinski definition) is 6. The number of hydrogen-bond donors (Lipinski definition) is 0. The van der Waals surface area contributed by atoms with Crippen LogP contribution in [-0.2, 0) is 17.6 Å². The van der Waals surface area contributed by atoms with Gasteiger partial charge in [-0.05, 0) is 51.8 Å². The first-order valence-corrected chi connectivity index (χ1v) is 12.2. The molecule has 1 aromatic carbocycles. The third kappa shape index (κ3) is 3.96. The fourth-order valence-corrected chi connectivity index (χ4v) is 6.27. The van der Waals surface area contributed by atoms with Crippen LogP contribution in [0.4, 0.5) is 5.13 Å². The van der Waals surface area contributed by atoms with Crippen LogP contribution in [0.2, 0.25) is 0 Å².